The van der Waals surface area contributed by atoms with Crippen molar-refractivity contribution >= 4 is 27.4 Å². The van der Waals surface area contributed by atoms with E-state index in [1.54, 1.807) is 53.3 Å². The Morgan fingerprint density at radius 2 is 1.58 bits per heavy atom. The zero-order chi connectivity index (χ0) is 22.6. The molecule has 3 aromatic rings. The highest BCUT2D eigenvalue weighted by Crippen LogP contribution is 2.25. The molecule has 3 rings (SSSR count). The summed E-state index contributed by atoms with van der Waals surface area (Å²) in [4.78, 5) is 12.8. The van der Waals surface area contributed by atoms with Crippen molar-refractivity contribution in [2.24, 2.45) is 0 Å². The van der Waals surface area contributed by atoms with E-state index in [0.29, 0.717) is 11.5 Å². The maximum absolute atomic E-state index is 13.4. The molecule has 0 atom stereocenters. The molecule has 0 unspecified atom stereocenters. The smallest absolute Gasteiger partial charge is 0.264 e. The summed E-state index contributed by atoms with van der Waals surface area (Å²) in [6.45, 7) is 7.79. The van der Waals surface area contributed by atoms with Crippen molar-refractivity contribution < 1.29 is 13.2 Å². The second-order valence-electron chi connectivity index (χ2n) is 7.78. The van der Waals surface area contributed by atoms with E-state index in [1.165, 1.54) is 4.31 Å². The quantitative estimate of drug-likeness (QED) is 0.566. The highest BCUT2D eigenvalue weighted by molar-refractivity contribution is 7.92. The molecule has 31 heavy (non-hydrogen) atoms. The first-order valence-electron chi connectivity index (χ1n) is 10.2. The molecule has 1 amide bonds. The van der Waals surface area contributed by atoms with Crippen LogP contribution in [0.5, 0.6) is 0 Å². The predicted octanol–water partition coefficient (Wildman–Crippen LogP) is 4.30. The molecule has 1 aromatic heterocycles. The van der Waals surface area contributed by atoms with Crippen LogP contribution in [0.15, 0.2) is 65.7 Å². The highest BCUT2D eigenvalue weighted by Gasteiger charge is 2.25. The number of rotatable bonds is 8. The molecular formula is C23H28N4O3S. The summed E-state index contributed by atoms with van der Waals surface area (Å²) in [6.07, 6.45) is 1.62. The van der Waals surface area contributed by atoms with Crippen LogP contribution in [0.1, 0.15) is 37.4 Å². The van der Waals surface area contributed by atoms with Crippen LogP contribution in [0.3, 0.4) is 0 Å². The number of nitrogens with zero attached hydrogens (tertiary/aromatic N) is 3. The number of aryl methyl sites for hydroxylation is 2. The second kappa shape index (κ2) is 9.34. The van der Waals surface area contributed by atoms with E-state index >= 15 is 0 Å². The van der Waals surface area contributed by atoms with Gasteiger partial charge in [0.2, 0.25) is 5.91 Å². The Hall–Kier alpha value is -3.13. The fraction of sp³-hybridized carbons (Fsp3) is 0.304. The van der Waals surface area contributed by atoms with Crippen LogP contribution in [0.2, 0.25) is 0 Å². The molecule has 0 radical (unpaired) electrons. The average molecular weight is 441 g/mol. The van der Waals surface area contributed by atoms with Crippen molar-refractivity contribution in [2.45, 2.75) is 45.1 Å². The minimum Gasteiger partial charge on any atom is -0.311 e. The standard InChI is InChI=1S/C23H28N4O3S/c1-17(2)27-22(13-15-24-27)25-23(28)14-16-26(20-9-5-18(3)6-10-20)31(29,30)21-11-7-19(4)8-12-21/h5-13,15,17H,14,16H2,1-4H3,(H,25,28). The van der Waals surface area contributed by atoms with Gasteiger partial charge in [0.15, 0.2) is 0 Å². The van der Waals surface area contributed by atoms with Gasteiger partial charge in [-0.3, -0.25) is 9.10 Å². The summed E-state index contributed by atoms with van der Waals surface area (Å²) in [5.74, 6) is 0.307. The summed E-state index contributed by atoms with van der Waals surface area (Å²) < 4.78 is 29.8. The molecule has 0 aliphatic carbocycles. The van der Waals surface area contributed by atoms with E-state index in [9.17, 15) is 13.2 Å². The number of hydrogen-bond donors (Lipinski definition) is 1. The van der Waals surface area contributed by atoms with Gasteiger partial charge < -0.3 is 5.32 Å². The molecule has 1 N–H and O–H groups in total. The van der Waals surface area contributed by atoms with Gasteiger partial charge in [0.1, 0.15) is 5.82 Å². The Balaban J connectivity index is 1.83. The number of anilines is 2. The molecule has 0 fully saturated rings. The van der Waals surface area contributed by atoms with Gasteiger partial charge in [-0.2, -0.15) is 5.10 Å². The lowest BCUT2D eigenvalue weighted by molar-refractivity contribution is -0.116. The third kappa shape index (κ3) is 5.32. The maximum atomic E-state index is 13.4. The number of carbonyl (C=O) groups excluding carboxylic acids is 1. The number of nitrogens with one attached hydrogen (secondary N) is 1. The summed E-state index contributed by atoms with van der Waals surface area (Å²) >= 11 is 0. The molecule has 0 aliphatic rings. The first-order chi connectivity index (χ1) is 14.7. The van der Waals surface area contributed by atoms with Crippen molar-refractivity contribution in [3.63, 3.8) is 0 Å². The Labute approximate surface area is 183 Å². The van der Waals surface area contributed by atoms with E-state index in [0.717, 1.165) is 11.1 Å². The third-order valence-corrected chi connectivity index (χ3v) is 6.74. The Bertz CT molecular complexity index is 1130. The van der Waals surface area contributed by atoms with Crippen molar-refractivity contribution in [1.29, 1.82) is 0 Å². The molecule has 7 nitrogen and oxygen atoms in total. The molecule has 8 heteroatoms. The van der Waals surface area contributed by atoms with E-state index in [-0.39, 0.29) is 29.8 Å². The van der Waals surface area contributed by atoms with Gasteiger partial charge in [0.05, 0.1) is 16.8 Å². The molecular weight excluding hydrogens is 412 g/mol. The molecule has 0 bridgehead atoms. The zero-order valence-corrected chi connectivity index (χ0v) is 19.1. The molecule has 0 saturated heterocycles. The molecule has 164 valence electrons. The van der Waals surface area contributed by atoms with Crippen LogP contribution in [0.25, 0.3) is 0 Å². The number of sulfonamides is 1. The summed E-state index contributed by atoms with van der Waals surface area (Å²) in [7, 11) is -3.83. The van der Waals surface area contributed by atoms with E-state index in [2.05, 4.69) is 10.4 Å². The number of hydrogen-bond acceptors (Lipinski definition) is 4. The minimum atomic E-state index is -3.83. The molecule has 0 aliphatic heterocycles. The second-order valence-corrected chi connectivity index (χ2v) is 9.64. The van der Waals surface area contributed by atoms with Crippen LogP contribution < -0.4 is 9.62 Å². The van der Waals surface area contributed by atoms with Crippen LogP contribution >= 0.6 is 0 Å². The van der Waals surface area contributed by atoms with Crippen LogP contribution in [0.4, 0.5) is 11.5 Å². The third-order valence-electron chi connectivity index (χ3n) is 4.90. The van der Waals surface area contributed by atoms with Crippen molar-refractivity contribution in [3.05, 3.63) is 71.9 Å². The lowest BCUT2D eigenvalue weighted by atomic mass is 10.2. The lowest BCUT2D eigenvalue weighted by Gasteiger charge is -2.24. The van der Waals surface area contributed by atoms with Gasteiger partial charge >= 0.3 is 0 Å². The Morgan fingerprint density at radius 1 is 1.00 bits per heavy atom. The van der Waals surface area contributed by atoms with E-state index in [4.69, 9.17) is 0 Å². The zero-order valence-electron chi connectivity index (χ0n) is 18.2. The molecule has 0 saturated carbocycles. The van der Waals surface area contributed by atoms with Crippen LogP contribution in [0, 0.1) is 13.8 Å². The number of carbonyl (C=O) groups is 1. The SMILES string of the molecule is Cc1ccc(N(CCC(=O)Nc2ccnn2C(C)C)S(=O)(=O)c2ccc(C)cc2)cc1. The molecule has 1 heterocycles. The van der Waals surface area contributed by atoms with E-state index < -0.39 is 10.0 Å². The first-order valence-corrected chi connectivity index (χ1v) is 11.6. The topological polar surface area (TPSA) is 84.3 Å². The van der Waals surface area contributed by atoms with Gasteiger partial charge in [-0.25, -0.2) is 13.1 Å². The maximum Gasteiger partial charge on any atom is 0.264 e. The Morgan fingerprint density at radius 3 is 2.16 bits per heavy atom. The first kappa shape index (κ1) is 22.6. The summed E-state index contributed by atoms with van der Waals surface area (Å²) in [5, 5.41) is 7.03. The van der Waals surface area contributed by atoms with Gasteiger partial charge in [0.25, 0.3) is 10.0 Å². The normalized spacial score (nSPS) is 11.5. The highest BCUT2D eigenvalue weighted by atomic mass is 32.2. The minimum absolute atomic E-state index is 0.00223. The van der Waals surface area contributed by atoms with Gasteiger partial charge in [-0.1, -0.05) is 35.4 Å². The average Bonchev–Trinajstić information content (AvgIpc) is 3.18. The summed E-state index contributed by atoms with van der Waals surface area (Å²) in [5.41, 5.74) is 2.52. The number of amides is 1. The van der Waals surface area contributed by atoms with Crippen LogP contribution in [-0.4, -0.2) is 30.7 Å². The monoisotopic (exact) mass is 440 g/mol. The van der Waals surface area contributed by atoms with Gasteiger partial charge in [0, 0.05) is 25.1 Å². The van der Waals surface area contributed by atoms with E-state index in [1.807, 2.05) is 39.8 Å². The largest absolute Gasteiger partial charge is 0.311 e. The van der Waals surface area contributed by atoms with Crippen molar-refractivity contribution in [3.8, 4) is 0 Å². The number of aromatic nitrogens is 2. The molecule has 0 spiro atoms. The Kier molecular flexibility index (Phi) is 6.80. The predicted molar refractivity (Wildman–Crippen MR) is 123 cm³/mol. The molecule has 2 aromatic carbocycles. The van der Waals surface area contributed by atoms with Crippen molar-refractivity contribution in [1.82, 2.24) is 9.78 Å². The summed E-state index contributed by atoms with van der Waals surface area (Å²) in [6, 6.07) is 15.7. The number of benzene rings is 2. The van der Waals surface area contributed by atoms with Gasteiger partial charge in [-0.15, -0.1) is 0 Å². The van der Waals surface area contributed by atoms with Crippen LogP contribution in [-0.2, 0) is 14.8 Å². The van der Waals surface area contributed by atoms with Crippen molar-refractivity contribution in [2.75, 3.05) is 16.2 Å². The fourth-order valence-corrected chi connectivity index (χ4v) is 4.64. The van der Waals surface area contributed by atoms with Gasteiger partial charge in [-0.05, 0) is 52.0 Å². The lowest BCUT2D eigenvalue weighted by Crippen LogP contribution is -2.34. The fourth-order valence-electron chi connectivity index (χ4n) is 3.17.